The van der Waals surface area contributed by atoms with E-state index in [-0.39, 0.29) is 0 Å². The lowest BCUT2D eigenvalue weighted by Crippen LogP contribution is -2.16. The van der Waals surface area contributed by atoms with Crippen LogP contribution in [-0.4, -0.2) is 18.6 Å². The van der Waals surface area contributed by atoms with Crippen LogP contribution in [0, 0.1) is 11.3 Å². The fourth-order valence-corrected chi connectivity index (χ4v) is 2.43. The summed E-state index contributed by atoms with van der Waals surface area (Å²) in [5.41, 5.74) is 3.67. The van der Waals surface area contributed by atoms with Crippen molar-refractivity contribution in [1.29, 1.82) is 5.26 Å². The summed E-state index contributed by atoms with van der Waals surface area (Å²) in [5.74, 6) is 1.42. The van der Waals surface area contributed by atoms with Crippen LogP contribution in [-0.2, 0) is 13.0 Å². The quantitative estimate of drug-likeness (QED) is 0.670. The van der Waals surface area contributed by atoms with Gasteiger partial charge in [-0.1, -0.05) is 12.1 Å². The number of hydrogen-bond acceptors (Lipinski definition) is 5. The van der Waals surface area contributed by atoms with Crippen molar-refractivity contribution in [2.24, 2.45) is 0 Å². The minimum absolute atomic E-state index is 0.616. The van der Waals surface area contributed by atoms with Crippen LogP contribution in [0.4, 0.5) is 0 Å². The summed E-state index contributed by atoms with van der Waals surface area (Å²) in [4.78, 5) is 4.52. The van der Waals surface area contributed by atoms with E-state index >= 15 is 0 Å². The molecule has 0 spiro atoms. The van der Waals surface area contributed by atoms with E-state index in [1.807, 2.05) is 48.5 Å². The molecule has 0 aliphatic heterocycles. The summed E-state index contributed by atoms with van der Waals surface area (Å²) >= 11 is 0. The van der Waals surface area contributed by atoms with Gasteiger partial charge in [-0.15, -0.1) is 0 Å². The Morgan fingerprint density at radius 3 is 2.56 bits per heavy atom. The summed E-state index contributed by atoms with van der Waals surface area (Å²) in [6.45, 7) is 1.56. The Morgan fingerprint density at radius 2 is 1.88 bits per heavy atom. The molecule has 0 aliphatic rings. The summed E-state index contributed by atoms with van der Waals surface area (Å²) < 4.78 is 10.7. The van der Waals surface area contributed by atoms with Crippen molar-refractivity contribution in [1.82, 2.24) is 10.3 Å². The van der Waals surface area contributed by atoms with E-state index in [1.54, 1.807) is 13.4 Å². The van der Waals surface area contributed by atoms with Crippen LogP contribution in [0.3, 0.4) is 0 Å². The van der Waals surface area contributed by atoms with E-state index in [1.165, 1.54) is 0 Å². The Kier molecular flexibility index (Phi) is 5.45. The molecule has 1 heterocycles. The molecule has 0 atom stereocenters. The zero-order valence-electron chi connectivity index (χ0n) is 14.0. The first kappa shape index (κ1) is 16.7. The molecule has 3 aromatic rings. The first-order chi connectivity index (χ1) is 12.3. The highest BCUT2D eigenvalue weighted by atomic mass is 16.5. The van der Waals surface area contributed by atoms with Crippen molar-refractivity contribution < 1.29 is 9.15 Å². The Morgan fingerprint density at radius 1 is 1.12 bits per heavy atom. The zero-order valence-corrected chi connectivity index (χ0v) is 14.0. The summed E-state index contributed by atoms with van der Waals surface area (Å²) in [5, 5.41) is 12.2. The molecule has 126 valence electrons. The number of benzene rings is 2. The Balaban J connectivity index is 1.48. The van der Waals surface area contributed by atoms with Gasteiger partial charge in [0.15, 0.2) is 0 Å². The van der Waals surface area contributed by atoms with Crippen molar-refractivity contribution in [2.45, 2.75) is 13.0 Å². The number of nitrogens with one attached hydrogen (secondary N) is 1. The molecule has 25 heavy (non-hydrogen) atoms. The van der Waals surface area contributed by atoms with E-state index in [0.717, 1.165) is 42.1 Å². The Bertz CT molecular complexity index is 846. The summed E-state index contributed by atoms with van der Waals surface area (Å²) in [7, 11) is 1.64. The normalized spacial score (nSPS) is 10.4. The highest BCUT2D eigenvalue weighted by Crippen LogP contribution is 2.21. The van der Waals surface area contributed by atoms with E-state index in [4.69, 9.17) is 14.4 Å². The number of nitrogens with zero attached hydrogens (tertiary/aromatic N) is 2. The molecule has 0 aliphatic carbocycles. The van der Waals surface area contributed by atoms with Gasteiger partial charge in [-0.05, 0) is 42.0 Å². The van der Waals surface area contributed by atoms with Gasteiger partial charge in [-0.25, -0.2) is 4.98 Å². The maximum Gasteiger partial charge on any atom is 0.226 e. The van der Waals surface area contributed by atoms with Gasteiger partial charge in [-0.2, -0.15) is 5.26 Å². The highest BCUT2D eigenvalue weighted by molar-refractivity contribution is 5.54. The van der Waals surface area contributed by atoms with Gasteiger partial charge in [0.25, 0.3) is 0 Å². The number of hydrogen-bond donors (Lipinski definition) is 1. The second-order valence-electron chi connectivity index (χ2n) is 5.61. The minimum Gasteiger partial charge on any atom is -0.497 e. The number of aromatic nitrogens is 1. The second-order valence-corrected chi connectivity index (χ2v) is 5.61. The molecular formula is C20H19N3O2. The fourth-order valence-electron chi connectivity index (χ4n) is 2.43. The van der Waals surface area contributed by atoms with E-state index in [2.05, 4.69) is 16.4 Å². The first-order valence-electron chi connectivity index (χ1n) is 8.07. The van der Waals surface area contributed by atoms with Crippen LogP contribution in [0.1, 0.15) is 16.8 Å². The molecule has 0 saturated heterocycles. The number of oxazole rings is 1. The van der Waals surface area contributed by atoms with Gasteiger partial charge in [-0.3, -0.25) is 0 Å². The van der Waals surface area contributed by atoms with Crippen LogP contribution in [0.5, 0.6) is 5.75 Å². The van der Waals surface area contributed by atoms with Crippen molar-refractivity contribution in [3.63, 3.8) is 0 Å². The van der Waals surface area contributed by atoms with Gasteiger partial charge in [0.1, 0.15) is 12.0 Å². The van der Waals surface area contributed by atoms with Crippen LogP contribution >= 0.6 is 0 Å². The molecule has 2 aromatic carbocycles. The molecule has 5 heteroatoms. The molecule has 1 N–H and O–H groups in total. The molecule has 0 unspecified atom stereocenters. The lowest BCUT2D eigenvalue weighted by Gasteiger charge is -2.03. The SMILES string of the molecule is COc1ccc(-c2nc(CCNCc3ccc(C#N)cc3)co2)cc1. The summed E-state index contributed by atoms with van der Waals surface area (Å²) in [6.07, 6.45) is 2.49. The maximum absolute atomic E-state index is 8.79. The third-order valence-electron chi connectivity index (χ3n) is 3.86. The molecule has 0 amide bonds. The summed E-state index contributed by atoms with van der Waals surface area (Å²) in [6, 6.07) is 17.3. The maximum atomic E-state index is 8.79. The lowest BCUT2D eigenvalue weighted by molar-refractivity contribution is 0.415. The van der Waals surface area contributed by atoms with Crippen molar-refractivity contribution in [3.05, 3.63) is 71.6 Å². The third-order valence-corrected chi connectivity index (χ3v) is 3.86. The van der Waals surface area contributed by atoms with Crippen molar-refractivity contribution in [2.75, 3.05) is 13.7 Å². The van der Waals surface area contributed by atoms with Gasteiger partial charge < -0.3 is 14.5 Å². The zero-order chi connectivity index (χ0) is 17.5. The van der Waals surface area contributed by atoms with Crippen LogP contribution < -0.4 is 10.1 Å². The largest absolute Gasteiger partial charge is 0.497 e. The molecular weight excluding hydrogens is 314 g/mol. The topological polar surface area (TPSA) is 71.1 Å². The van der Waals surface area contributed by atoms with Gasteiger partial charge in [0, 0.05) is 25.1 Å². The first-order valence-corrected chi connectivity index (χ1v) is 8.07. The van der Waals surface area contributed by atoms with Crippen LogP contribution in [0.2, 0.25) is 0 Å². The van der Waals surface area contributed by atoms with Gasteiger partial charge in [0.2, 0.25) is 5.89 Å². The average molecular weight is 333 g/mol. The molecule has 0 saturated carbocycles. The fraction of sp³-hybridized carbons (Fsp3) is 0.200. The van der Waals surface area contributed by atoms with Crippen LogP contribution in [0.25, 0.3) is 11.5 Å². The molecule has 1 aromatic heterocycles. The Hall–Kier alpha value is -3.10. The smallest absolute Gasteiger partial charge is 0.226 e. The molecule has 5 nitrogen and oxygen atoms in total. The molecule has 3 rings (SSSR count). The van der Waals surface area contributed by atoms with E-state index < -0.39 is 0 Å². The molecule has 0 bridgehead atoms. The lowest BCUT2D eigenvalue weighted by atomic mass is 10.1. The van der Waals surface area contributed by atoms with E-state index in [0.29, 0.717) is 11.5 Å². The number of nitriles is 1. The second kappa shape index (κ2) is 8.13. The van der Waals surface area contributed by atoms with Crippen molar-refractivity contribution in [3.8, 4) is 23.3 Å². The number of methoxy groups -OCH3 is 1. The minimum atomic E-state index is 0.616. The monoisotopic (exact) mass is 333 g/mol. The Labute approximate surface area is 146 Å². The molecule has 0 fully saturated rings. The van der Waals surface area contributed by atoms with Crippen molar-refractivity contribution >= 4 is 0 Å². The van der Waals surface area contributed by atoms with Gasteiger partial charge >= 0.3 is 0 Å². The van der Waals surface area contributed by atoms with Crippen LogP contribution in [0.15, 0.2) is 59.2 Å². The predicted octanol–water partition coefficient (Wildman–Crippen LogP) is 3.55. The van der Waals surface area contributed by atoms with E-state index in [9.17, 15) is 0 Å². The highest BCUT2D eigenvalue weighted by Gasteiger charge is 2.06. The average Bonchev–Trinajstić information content (AvgIpc) is 3.15. The third kappa shape index (κ3) is 4.46. The predicted molar refractivity (Wildman–Crippen MR) is 95.1 cm³/mol. The van der Waals surface area contributed by atoms with Gasteiger partial charge in [0.05, 0.1) is 24.4 Å². The molecule has 0 radical (unpaired) electrons. The number of rotatable bonds is 7. The standard InChI is InChI=1S/C20H19N3O2/c1-24-19-8-6-17(7-9-19)20-23-18(14-25-20)10-11-22-13-16-4-2-15(12-21)3-5-16/h2-9,14,22H,10-11,13H2,1H3. The number of ether oxygens (including phenoxy) is 1.